The number of hydrogen-bond acceptors (Lipinski definition) is 5. The highest BCUT2D eigenvalue weighted by molar-refractivity contribution is 7.16. The van der Waals surface area contributed by atoms with Crippen molar-refractivity contribution < 1.29 is 0 Å². The fourth-order valence-electron chi connectivity index (χ4n) is 3.72. The summed E-state index contributed by atoms with van der Waals surface area (Å²) in [5.74, 6) is 0.478. The number of benzene rings is 1. The van der Waals surface area contributed by atoms with Gasteiger partial charge in [-0.25, -0.2) is 0 Å². The molecule has 0 N–H and O–H groups in total. The maximum Gasteiger partial charge on any atom is 0.157 e. The van der Waals surface area contributed by atoms with Crippen LogP contribution in [0.15, 0.2) is 22.4 Å². The summed E-state index contributed by atoms with van der Waals surface area (Å²) in [5.41, 5.74) is 6.39. The van der Waals surface area contributed by atoms with Crippen molar-refractivity contribution in [3.63, 3.8) is 0 Å². The Labute approximate surface area is 160 Å². The van der Waals surface area contributed by atoms with Gasteiger partial charge in [-0.3, -0.25) is 0 Å². The first-order valence-electron chi connectivity index (χ1n) is 8.96. The third-order valence-corrected chi connectivity index (χ3v) is 6.77. The summed E-state index contributed by atoms with van der Waals surface area (Å²) in [6.07, 6.45) is 1.11. The minimum atomic E-state index is 0.148. The van der Waals surface area contributed by atoms with Crippen LogP contribution in [-0.2, 0) is 0 Å². The quantitative estimate of drug-likeness (QED) is 0.556. The van der Waals surface area contributed by atoms with Crippen LogP contribution >= 0.6 is 11.3 Å². The molecular weight excluding hydrogens is 340 g/mol. The van der Waals surface area contributed by atoms with E-state index in [-0.39, 0.29) is 5.54 Å². The molecule has 0 radical (unpaired) electrons. The van der Waals surface area contributed by atoms with Crippen LogP contribution in [0, 0.1) is 32.1 Å². The van der Waals surface area contributed by atoms with Gasteiger partial charge >= 0.3 is 0 Å². The standard InChI is InChI=1S/C21H26N4S/c1-12-8-19-16(13(2)10-21(5,6)25(19)7)9-18(12)23-24-20-17(11-22)14(3)15(4)26-20/h8-9,13H,10H2,1-7H3. The predicted molar refractivity (Wildman–Crippen MR) is 109 cm³/mol. The van der Waals surface area contributed by atoms with Crippen LogP contribution in [0.1, 0.15) is 60.2 Å². The molecule has 0 saturated heterocycles. The minimum Gasteiger partial charge on any atom is -0.369 e. The van der Waals surface area contributed by atoms with Crippen LogP contribution in [-0.4, -0.2) is 12.6 Å². The molecule has 1 aromatic heterocycles. The van der Waals surface area contributed by atoms with Crippen molar-refractivity contribution >= 4 is 27.7 Å². The smallest absolute Gasteiger partial charge is 0.157 e. The molecule has 1 aromatic carbocycles. The maximum absolute atomic E-state index is 9.38. The lowest BCUT2D eigenvalue weighted by Gasteiger charge is -2.45. The molecule has 0 amide bonds. The Kier molecular flexibility index (Phi) is 4.66. The predicted octanol–water partition coefficient (Wildman–Crippen LogP) is 6.68. The van der Waals surface area contributed by atoms with Gasteiger partial charge in [-0.2, -0.15) is 5.26 Å². The monoisotopic (exact) mass is 366 g/mol. The average molecular weight is 367 g/mol. The van der Waals surface area contributed by atoms with Gasteiger partial charge in [0.05, 0.1) is 11.3 Å². The molecule has 1 aliphatic rings. The van der Waals surface area contributed by atoms with Gasteiger partial charge in [0.2, 0.25) is 0 Å². The third-order valence-electron chi connectivity index (χ3n) is 5.68. The second kappa shape index (κ2) is 6.51. The van der Waals surface area contributed by atoms with E-state index < -0.39 is 0 Å². The summed E-state index contributed by atoms with van der Waals surface area (Å²) in [6, 6.07) is 6.65. The first-order valence-corrected chi connectivity index (χ1v) is 9.77. The van der Waals surface area contributed by atoms with Crippen molar-refractivity contribution in [2.24, 2.45) is 10.2 Å². The molecule has 1 atom stereocenters. The summed E-state index contributed by atoms with van der Waals surface area (Å²) in [4.78, 5) is 3.49. The summed E-state index contributed by atoms with van der Waals surface area (Å²) in [5, 5.41) is 19.0. The van der Waals surface area contributed by atoms with Gasteiger partial charge in [0.25, 0.3) is 0 Å². The average Bonchev–Trinajstić information content (AvgIpc) is 2.84. The molecule has 0 aliphatic carbocycles. The zero-order valence-corrected chi connectivity index (χ0v) is 17.5. The molecule has 0 fully saturated rings. The number of nitrogens with zero attached hydrogens (tertiary/aromatic N) is 4. The Hall–Kier alpha value is -2.19. The van der Waals surface area contributed by atoms with Gasteiger partial charge in [-0.05, 0) is 75.8 Å². The SMILES string of the molecule is Cc1cc2c(cc1N=Nc1sc(C)c(C)c1C#N)C(C)CC(C)(C)N2C. The van der Waals surface area contributed by atoms with Crippen LogP contribution in [0.3, 0.4) is 0 Å². The van der Waals surface area contributed by atoms with E-state index in [1.165, 1.54) is 22.6 Å². The van der Waals surface area contributed by atoms with Crippen molar-refractivity contribution in [3.05, 3.63) is 39.3 Å². The van der Waals surface area contributed by atoms with Crippen molar-refractivity contribution in [3.8, 4) is 6.07 Å². The fraction of sp³-hybridized carbons (Fsp3) is 0.476. The van der Waals surface area contributed by atoms with Gasteiger partial charge in [-0.15, -0.1) is 21.6 Å². The van der Waals surface area contributed by atoms with Gasteiger partial charge in [-0.1, -0.05) is 6.92 Å². The Morgan fingerprint density at radius 3 is 2.58 bits per heavy atom. The number of azo groups is 1. The summed E-state index contributed by atoms with van der Waals surface area (Å²) >= 11 is 1.53. The molecule has 5 heteroatoms. The highest BCUT2D eigenvalue weighted by atomic mass is 32.1. The molecule has 136 valence electrons. The van der Waals surface area contributed by atoms with Gasteiger partial charge in [0.15, 0.2) is 5.00 Å². The zero-order valence-electron chi connectivity index (χ0n) is 16.6. The fourth-order valence-corrected chi connectivity index (χ4v) is 4.65. The van der Waals surface area contributed by atoms with Crippen LogP contribution in [0.5, 0.6) is 0 Å². The van der Waals surface area contributed by atoms with Crippen molar-refractivity contribution in [1.82, 2.24) is 0 Å². The molecule has 4 nitrogen and oxygen atoms in total. The van der Waals surface area contributed by atoms with E-state index in [0.717, 1.165) is 28.1 Å². The van der Waals surface area contributed by atoms with E-state index in [1.54, 1.807) is 0 Å². The topological polar surface area (TPSA) is 51.8 Å². The molecule has 0 saturated carbocycles. The minimum absolute atomic E-state index is 0.148. The Bertz CT molecular complexity index is 930. The third kappa shape index (κ3) is 3.03. The van der Waals surface area contributed by atoms with Crippen molar-refractivity contribution in [2.75, 3.05) is 11.9 Å². The number of thiophene rings is 1. The van der Waals surface area contributed by atoms with Gasteiger partial charge in [0.1, 0.15) is 6.07 Å². The molecule has 3 rings (SSSR count). The molecule has 26 heavy (non-hydrogen) atoms. The largest absolute Gasteiger partial charge is 0.369 e. The van der Waals surface area contributed by atoms with E-state index in [4.69, 9.17) is 0 Å². The summed E-state index contributed by atoms with van der Waals surface area (Å²) in [7, 11) is 2.17. The number of nitriles is 1. The highest BCUT2D eigenvalue weighted by Gasteiger charge is 2.34. The van der Waals surface area contributed by atoms with Gasteiger partial charge in [0, 0.05) is 23.2 Å². The molecular formula is C21H26N4S. The van der Waals surface area contributed by atoms with Crippen LogP contribution in [0.2, 0.25) is 0 Å². The normalized spacial score (nSPS) is 18.8. The lowest BCUT2D eigenvalue weighted by atomic mass is 9.80. The van der Waals surface area contributed by atoms with E-state index in [0.29, 0.717) is 16.5 Å². The van der Waals surface area contributed by atoms with E-state index in [1.807, 2.05) is 13.8 Å². The molecule has 0 spiro atoms. The zero-order chi connectivity index (χ0) is 19.2. The number of aryl methyl sites for hydroxylation is 2. The number of rotatable bonds is 2. The first-order chi connectivity index (χ1) is 12.2. The first kappa shape index (κ1) is 18.6. The van der Waals surface area contributed by atoms with Crippen molar-refractivity contribution in [1.29, 1.82) is 5.26 Å². The van der Waals surface area contributed by atoms with Crippen LogP contribution < -0.4 is 4.90 Å². The van der Waals surface area contributed by atoms with Gasteiger partial charge < -0.3 is 4.90 Å². The number of fused-ring (bicyclic) bond motifs is 1. The lowest BCUT2D eigenvalue weighted by molar-refractivity contribution is 0.395. The lowest BCUT2D eigenvalue weighted by Crippen LogP contribution is -2.45. The Morgan fingerprint density at radius 2 is 1.92 bits per heavy atom. The number of hydrogen-bond donors (Lipinski definition) is 0. The highest BCUT2D eigenvalue weighted by Crippen LogP contribution is 2.45. The maximum atomic E-state index is 9.38. The van der Waals surface area contributed by atoms with E-state index >= 15 is 0 Å². The van der Waals surface area contributed by atoms with E-state index in [2.05, 4.69) is 68.1 Å². The van der Waals surface area contributed by atoms with Crippen LogP contribution in [0.4, 0.5) is 16.4 Å². The molecule has 1 aliphatic heterocycles. The van der Waals surface area contributed by atoms with E-state index in [9.17, 15) is 5.26 Å². The van der Waals surface area contributed by atoms with Crippen LogP contribution in [0.25, 0.3) is 0 Å². The van der Waals surface area contributed by atoms with Crippen molar-refractivity contribution in [2.45, 2.75) is 59.4 Å². The Balaban J connectivity index is 2.03. The number of anilines is 1. The summed E-state index contributed by atoms with van der Waals surface area (Å²) < 4.78 is 0. The molecule has 0 bridgehead atoms. The molecule has 2 heterocycles. The molecule has 2 aromatic rings. The second-order valence-corrected chi connectivity index (χ2v) is 9.15. The molecule has 1 unspecified atom stereocenters. The Morgan fingerprint density at radius 1 is 1.23 bits per heavy atom. The second-order valence-electron chi connectivity index (χ2n) is 7.95. The summed E-state index contributed by atoms with van der Waals surface area (Å²) in [6.45, 7) is 12.9.